The van der Waals surface area contributed by atoms with E-state index in [1.807, 2.05) is 0 Å². The number of carbonyl (C=O) groups excluding carboxylic acids is 3. The highest BCUT2D eigenvalue weighted by Gasteiger charge is 2.51. The van der Waals surface area contributed by atoms with Gasteiger partial charge in [0.15, 0.2) is 12.4 Å². The van der Waals surface area contributed by atoms with Crippen LogP contribution in [-0.2, 0) is 9.53 Å². The third kappa shape index (κ3) is 3.37. The Bertz CT molecular complexity index is 768. The lowest BCUT2D eigenvalue weighted by atomic mass is 9.49. The van der Waals surface area contributed by atoms with Gasteiger partial charge in [0.1, 0.15) is 0 Å². The first-order valence-electron chi connectivity index (χ1n) is 10.2. The summed E-state index contributed by atoms with van der Waals surface area (Å²) in [7, 11) is 0. The molecule has 4 bridgehead atoms. The Morgan fingerprint density at radius 1 is 1.04 bits per heavy atom. The number of ether oxygens (including phenoxy) is 1. The quantitative estimate of drug-likeness (QED) is 0.601. The first-order valence-corrected chi connectivity index (χ1v) is 10.2. The van der Waals surface area contributed by atoms with Crippen LogP contribution in [0.2, 0.25) is 0 Å². The maximum absolute atomic E-state index is 12.5. The topological polar surface area (TPSA) is 76.2 Å². The number of nitrogens with one attached hydrogen (secondary N) is 1. The van der Waals surface area contributed by atoms with Crippen molar-refractivity contribution in [2.24, 2.45) is 23.2 Å². The van der Waals surface area contributed by atoms with Gasteiger partial charge in [-0.15, -0.1) is 0 Å². The molecule has 0 atom stereocenters. The summed E-state index contributed by atoms with van der Waals surface area (Å²) in [6, 6.07) is 0. The summed E-state index contributed by atoms with van der Waals surface area (Å²) in [5.41, 5.74) is 2.37. The van der Waals surface area contributed by atoms with Crippen molar-refractivity contribution in [3.8, 4) is 0 Å². The second kappa shape index (κ2) is 6.61. The number of esters is 1. The van der Waals surface area contributed by atoms with E-state index in [2.05, 4.69) is 4.98 Å². The van der Waals surface area contributed by atoms with Gasteiger partial charge in [-0.25, -0.2) is 0 Å². The summed E-state index contributed by atoms with van der Waals surface area (Å²) in [5, 5.41) is 0. The average molecular weight is 371 g/mol. The van der Waals surface area contributed by atoms with Gasteiger partial charge < -0.3 is 9.72 Å². The molecule has 146 valence electrons. The summed E-state index contributed by atoms with van der Waals surface area (Å²) in [4.78, 5) is 39.7. The van der Waals surface area contributed by atoms with Gasteiger partial charge in [-0.05, 0) is 88.0 Å². The lowest BCUT2D eigenvalue weighted by Crippen LogP contribution is -2.47. The van der Waals surface area contributed by atoms with E-state index in [0.29, 0.717) is 28.9 Å². The van der Waals surface area contributed by atoms with E-state index in [1.165, 1.54) is 26.2 Å². The van der Waals surface area contributed by atoms with Crippen LogP contribution < -0.4 is 0 Å². The molecule has 0 radical (unpaired) electrons. The van der Waals surface area contributed by atoms with Crippen molar-refractivity contribution in [3.63, 3.8) is 0 Å². The summed E-state index contributed by atoms with van der Waals surface area (Å²) in [6.45, 7) is 4.76. The van der Waals surface area contributed by atoms with Crippen molar-refractivity contribution in [1.29, 1.82) is 0 Å². The van der Waals surface area contributed by atoms with E-state index >= 15 is 0 Å². The smallest absolute Gasteiger partial charge is 0.306 e. The van der Waals surface area contributed by atoms with E-state index in [0.717, 1.165) is 37.0 Å². The van der Waals surface area contributed by atoms with Crippen LogP contribution in [-0.4, -0.2) is 29.1 Å². The van der Waals surface area contributed by atoms with Gasteiger partial charge in [0, 0.05) is 11.3 Å². The molecule has 0 aliphatic heterocycles. The van der Waals surface area contributed by atoms with E-state index in [1.54, 1.807) is 13.8 Å². The molecule has 5 nitrogen and oxygen atoms in total. The molecule has 1 aromatic heterocycles. The minimum absolute atomic E-state index is 0.0703. The predicted molar refractivity (Wildman–Crippen MR) is 101 cm³/mol. The van der Waals surface area contributed by atoms with Crippen molar-refractivity contribution in [2.45, 2.75) is 65.7 Å². The van der Waals surface area contributed by atoms with Crippen molar-refractivity contribution in [3.05, 3.63) is 22.5 Å². The molecule has 5 heteroatoms. The SMILES string of the molecule is CC(=O)c1c(C)[nH]c(C(=O)COC(=O)CC23CC4CC(CC(C4)C2)C3)c1C. The minimum Gasteiger partial charge on any atom is -0.457 e. The Morgan fingerprint density at radius 3 is 2.07 bits per heavy atom. The van der Waals surface area contributed by atoms with Gasteiger partial charge in [0.25, 0.3) is 0 Å². The lowest BCUT2D eigenvalue weighted by Gasteiger charge is -2.56. The van der Waals surface area contributed by atoms with E-state index in [9.17, 15) is 14.4 Å². The second-order valence-electron chi connectivity index (χ2n) is 9.36. The number of aromatic amines is 1. The van der Waals surface area contributed by atoms with Crippen LogP contribution in [0.5, 0.6) is 0 Å². The Hall–Kier alpha value is -1.91. The molecule has 0 amide bonds. The number of aryl methyl sites for hydroxylation is 1. The maximum Gasteiger partial charge on any atom is 0.306 e. The summed E-state index contributed by atoms with van der Waals surface area (Å²) < 4.78 is 5.37. The van der Waals surface area contributed by atoms with Crippen LogP contribution in [0.25, 0.3) is 0 Å². The van der Waals surface area contributed by atoms with Crippen LogP contribution >= 0.6 is 0 Å². The monoisotopic (exact) mass is 371 g/mol. The van der Waals surface area contributed by atoms with Gasteiger partial charge in [-0.1, -0.05) is 0 Å². The zero-order valence-corrected chi connectivity index (χ0v) is 16.5. The van der Waals surface area contributed by atoms with Gasteiger partial charge in [-0.3, -0.25) is 14.4 Å². The standard InChI is InChI=1S/C22H29NO4/c1-12-20(14(3)24)13(2)23-21(12)18(25)11-27-19(26)10-22-7-15-4-16(8-22)6-17(5-15)9-22/h15-17,23H,4-11H2,1-3H3. The zero-order valence-electron chi connectivity index (χ0n) is 16.5. The first kappa shape index (κ1) is 18.5. The molecule has 0 spiro atoms. The number of carbonyl (C=O) groups is 3. The lowest BCUT2D eigenvalue weighted by molar-refractivity contribution is -0.150. The largest absolute Gasteiger partial charge is 0.457 e. The number of hydrogen-bond acceptors (Lipinski definition) is 4. The van der Waals surface area contributed by atoms with Gasteiger partial charge >= 0.3 is 5.97 Å². The number of ketones is 2. The Morgan fingerprint density at radius 2 is 1.59 bits per heavy atom. The Labute approximate surface area is 160 Å². The molecule has 1 heterocycles. The third-order valence-corrected chi connectivity index (χ3v) is 7.12. The molecule has 1 N–H and O–H groups in total. The normalized spacial score (nSPS) is 31.1. The summed E-state index contributed by atoms with van der Waals surface area (Å²) in [5.74, 6) is 1.78. The maximum atomic E-state index is 12.5. The molecule has 4 aliphatic carbocycles. The van der Waals surface area contributed by atoms with E-state index < -0.39 is 0 Å². The molecule has 4 saturated carbocycles. The molecule has 0 saturated heterocycles. The molecule has 1 aromatic rings. The Balaban J connectivity index is 1.37. The molecule has 4 aliphatic rings. The number of rotatable bonds is 6. The fourth-order valence-corrected chi connectivity index (χ4v) is 6.64. The minimum atomic E-state index is -0.276. The molecule has 4 fully saturated rings. The highest BCUT2D eigenvalue weighted by atomic mass is 16.5. The summed E-state index contributed by atoms with van der Waals surface area (Å²) >= 11 is 0. The van der Waals surface area contributed by atoms with E-state index in [-0.39, 0.29) is 29.6 Å². The predicted octanol–water partition coefficient (Wildman–Crippen LogP) is 4.17. The molecule has 0 aromatic carbocycles. The summed E-state index contributed by atoms with van der Waals surface area (Å²) in [6.07, 6.45) is 7.94. The molecule has 0 unspecified atom stereocenters. The van der Waals surface area contributed by atoms with Crippen LogP contribution in [0.3, 0.4) is 0 Å². The van der Waals surface area contributed by atoms with Crippen molar-refractivity contribution in [1.82, 2.24) is 4.98 Å². The number of aromatic nitrogens is 1. The highest BCUT2D eigenvalue weighted by Crippen LogP contribution is 2.61. The van der Waals surface area contributed by atoms with Crippen molar-refractivity contribution >= 4 is 17.5 Å². The van der Waals surface area contributed by atoms with Crippen LogP contribution in [0.1, 0.15) is 84.0 Å². The van der Waals surface area contributed by atoms with Crippen LogP contribution in [0, 0.1) is 37.0 Å². The fraction of sp³-hybridized carbons (Fsp3) is 0.682. The number of H-pyrrole nitrogens is 1. The van der Waals surface area contributed by atoms with Crippen molar-refractivity contribution < 1.29 is 19.1 Å². The van der Waals surface area contributed by atoms with Gasteiger partial charge in [-0.2, -0.15) is 0 Å². The third-order valence-electron chi connectivity index (χ3n) is 7.12. The van der Waals surface area contributed by atoms with Gasteiger partial charge in [0.05, 0.1) is 12.1 Å². The van der Waals surface area contributed by atoms with Crippen molar-refractivity contribution in [2.75, 3.05) is 6.61 Å². The van der Waals surface area contributed by atoms with Crippen LogP contribution in [0.4, 0.5) is 0 Å². The second-order valence-corrected chi connectivity index (χ2v) is 9.36. The molecule has 5 rings (SSSR count). The molecule has 27 heavy (non-hydrogen) atoms. The molecular weight excluding hydrogens is 342 g/mol. The van der Waals surface area contributed by atoms with Gasteiger partial charge in [0.2, 0.25) is 5.78 Å². The number of Topliss-reactive ketones (excluding diaryl/α,β-unsaturated/α-hetero) is 2. The van der Waals surface area contributed by atoms with Crippen LogP contribution in [0.15, 0.2) is 0 Å². The highest BCUT2D eigenvalue weighted by molar-refractivity contribution is 6.04. The average Bonchev–Trinajstić information content (AvgIpc) is 2.85. The Kier molecular flexibility index (Phi) is 4.52. The van der Waals surface area contributed by atoms with E-state index in [4.69, 9.17) is 4.74 Å². The molecular formula is C22H29NO4. The fourth-order valence-electron chi connectivity index (χ4n) is 6.64. The zero-order chi connectivity index (χ0) is 19.3. The number of hydrogen-bond donors (Lipinski definition) is 1. The first-order chi connectivity index (χ1) is 12.8.